The molecule has 0 radical (unpaired) electrons. The molecule has 0 unspecified atom stereocenters. The Kier molecular flexibility index (Phi) is 3.31. The molecule has 2 aromatic heterocycles. The average molecular weight is 292 g/mol. The maximum atomic E-state index is 13.5. The highest BCUT2D eigenvalue weighted by Crippen LogP contribution is 2.15. The minimum Gasteiger partial charge on any atom is -0.299 e. The number of nitrogens with zero attached hydrogens (tertiary/aromatic N) is 2. The number of hydrogen-bond acceptors (Lipinski definition) is 3. The molecule has 2 heterocycles. The predicted molar refractivity (Wildman–Crippen MR) is 71.8 cm³/mol. The molecule has 0 saturated heterocycles. The molecule has 0 bridgehead atoms. The number of halogens is 2. The van der Waals surface area contributed by atoms with Gasteiger partial charge in [-0.05, 0) is 11.6 Å². The van der Waals surface area contributed by atoms with E-state index in [9.17, 15) is 13.6 Å². The van der Waals surface area contributed by atoms with E-state index in [1.54, 1.807) is 6.20 Å². The van der Waals surface area contributed by atoms with Crippen molar-refractivity contribution >= 4 is 22.1 Å². The van der Waals surface area contributed by atoms with Crippen LogP contribution in [-0.2, 0) is 17.6 Å². The lowest BCUT2D eigenvalue weighted by Gasteiger charge is -2.02. The molecule has 0 N–H and O–H groups in total. The highest BCUT2D eigenvalue weighted by atomic mass is 32.1. The molecule has 20 heavy (non-hydrogen) atoms. The molecule has 3 aromatic rings. The molecule has 0 spiro atoms. The third kappa shape index (κ3) is 2.46. The van der Waals surface area contributed by atoms with E-state index in [1.807, 2.05) is 16.0 Å². The van der Waals surface area contributed by atoms with E-state index in [2.05, 4.69) is 4.98 Å². The van der Waals surface area contributed by atoms with Crippen LogP contribution in [0.25, 0.3) is 4.96 Å². The summed E-state index contributed by atoms with van der Waals surface area (Å²) in [5.41, 5.74) is 0.717. The van der Waals surface area contributed by atoms with E-state index in [1.165, 1.54) is 23.5 Å². The van der Waals surface area contributed by atoms with E-state index >= 15 is 0 Å². The van der Waals surface area contributed by atoms with Gasteiger partial charge in [-0.3, -0.25) is 9.20 Å². The van der Waals surface area contributed by atoms with Gasteiger partial charge in [-0.2, -0.15) is 0 Å². The van der Waals surface area contributed by atoms with Gasteiger partial charge in [0.25, 0.3) is 0 Å². The average Bonchev–Trinajstić information content (AvgIpc) is 2.95. The second kappa shape index (κ2) is 5.13. The van der Waals surface area contributed by atoms with E-state index in [0.717, 1.165) is 11.0 Å². The van der Waals surface area contributed by atoms with E-state index in [4.69, 9.17) is 0 Å². The Balaban J connectivity index is 1.73. The number of hydrogen-bond donors (Lipinski definition) is 0. The van der Waals surface area contributed by atoms with Crippen LogP contribution in [0.4, 0.5) is 8.78 Å². The van der Waals surface area contributed by atoms with Crippen molar-refractivity contribution in [1.29, 1.82) is 0 Å². The fourth-order valence-corrected chi connectivity index (χ4v) is 2.74. The summed E-state index contributed by atoms with van der Waals surface area (Å²) in [7, 11) is 0. The van der Waals surface area contributed by atoms with Crippen molar-refractivity contribution in [1.82, 2.24) is 9.38 Å². The van der Waals surface area contributed by atoms with Crippen LogP contribution < -0.4 is 0 Å². The first-order valence-electron chi connectivity index (χ1n) is 5.99. The minimum atomic E-state index is -0.952. The first kappa shape index (κ1) is 12.9. The smallest absolute Gasteiger partial charge is 0.193 e. The SMILES string of the molecule is O=C(Cc1cn2ccsc2n1)Cc1cccc(F)c1F. The first-order valence-corrected chi connectivity index (χ1v) is 6.87. The fourth-order valence-electron chi connectivity index (χ4n) is 2.02. The van der Waals surface area contributed by atoms with Crippen molar-refractivity contribution in [3.8, 4) is 0 Å². The quantitative estimate of drug-likeness (QED) is 0.741. The normalized spacial score (nSPS) is 11.1. The third-order valence-electron chi connectivity index (χ3n) is 2.94. The van der Waals surface area contributed by atoms with Crippen LogP contribution in [0.5, 0.6) is 0 Å². The molecule has 0 aliphatic carbocycles. The Morgan fingerprint density at radius 3 is 2.95 bits per heavy atom. The Morgan fingerprint density at radius 1 is 1.30 bits per heavy atom. The van der Waals surface area contributed by atoms with Crippen LogP contribution in [0.15, 0.2) is 36.0 Å². The van der Waals surface area contributed by atoms with Gasteiger partial charge in [0, 0.05) is 24.2 Å². The van der Waals surface area contributed by atoms with Crippen molar-refractivity contribution in [2.75, 3.05) is 0 Å². The zero-order valence-electron chi connectivity index (χ0n) is 10.3. The van der Waals surface area contributed by atoms with Crippen molar-refractivity contribution in [3.05, 3.63) is 58.9 Å². The molecule has 0 aliphatic heterocycles. The number of fused-ring (bicyclic) bond motifs is 1. The second-order valence-electron chi connectivity index (χ2n) is 4.43. The maximum Gasteiger partial charge on any atom is 0.193 e. The molecule has 1 aromatic carbocycles. The zero-order valence-corrected chi connectivity index (χ0v) is 11.2. The number of ketones is 1. The van der Waals surface area contributed by atoms with Gasteiger partial charge in [-0.15, -0.1) is 11.3 Å². The molecule has 0 aliphatic rings. The van der Waals surface area contributed by atoms with Crippen LogP contribution in [0.2, 0.25) is 0 Å². The summed E-state index contributed by atoms with van der Waals surface area (Å²) in [6, 6.07) is 3.85. The Bertz CT molecular complexity index is 750. The lowest BCUT2D eigenvalue weighted by molar-refractivity contribution is -0.117. The topological polar surface area (TPSA) is 34.4 Å². The van der Waals surface area contributed by atoms with Crippen LogP contribution in [-0.4, -0.2) is 15.2 Å². The van der Waals surface area contributed by atoms with E-state index in [0.29, 0.717) is 5.69 Å². The number of imidazole rings is 1. The van der Waals surface area contributed by atoms with Crippen molar-refractivity contribution in [2.24, 2.45) is 0 Å². The molecule has 3 nitrogen and oxygen atoms in total. The van der Waals surface area contributed by atoms with Gasteiger partial charge in [-0.25, -0.2) is 13.8 Å². The van der Waals surface area contributed by atoms with Gasteiger partial charge in [-0.1, -0.05) is 12.1 Å². The van der Waals surface area contributed by atoms with Gasteiger partial charge < -0.3 is 0 Å². The monoisotopic (exact) mass is 292 g/mol. The van der Waals surface area contributed by atoms with Crippen LogP contribution in [0.1, 0.15) is 11.3 Å². The highest BCUT2D eigenvalue weighted by molar-refractivity contribution is 7.15. The highest BCUT2D eigenvalue weighted by Gasteiger charge is 2.13. The Morgan fingerprint density at radius 2 is 2.15 bits per heavy atom. The summed E-state index contributed by atoms with van der Waals surface area (Å²) in [6.45, 7) is 0. The van der Waals surface area contributed by atoms with Crippen molar-refractivity contribution < 1.29 is 13.6 Å². The van der Waals surface area contributed by atoms with Gasteiger partial charge in [0.2, 0.25) is 0 Å². The summed E-state index contributed by atoms with van der Waals surface area (Å²) >= 11 is 1.47. The first-order chi connectivity index (χ1) is 9.63. The summed E-state index contributed by atoms with van der Waals surface area (Å²) in [6.07, 6.45) is 3.61. The van der Waals surface area contributed by atoms with Crippen LogP contribution in [0.3, 0.4) is 0 Å². The zero-order chi connectivity index (χ0) is 14.1. The third-order valence-corrected chi connectivity index (χ3v) is 3.71. The summed E-state index contributed by atoms with van der Waals surface area (Å²) in [4.78, 5) is 17.0. The molecule has 3 rings (SSSR count). The lowest BCUT2D eigenvalue weighted by atomic mass is 10.1. The maximum absolute atomic E-state index is 13.5. The summed E-state index contributed by atoms with van der Waals surface area (Å²) in [5.74, 6) is -2.08. The molecule has 0 amide bonds. The number of benzene rings is 1. The summed E-state index contributed by atoms with van der Waals surface area (Å²) < 4.78 is 28.4. The van der Waals surface area contributed by atoms with Crippen molar-refractivity contribution in [2.45, 2.75) is 12.8 Å². The van der Waals surface area contributed by atoms with E-state index < -0.39 is 11.6 Å². The molecular formula is C14H10F2N2OS. The van der Waals surface area contributed by atoms with Gasteiger partial charge in [0.15, 0.2) is 16.6 Å². The largest absolute Gasteiger partial charge is 0.299 e. The second-order valence-corrected chi connectivity index (χ2v) is 5.30. The number of aromatic nitrogens is 2. The van der Waals surface area contributed by atoms with Crippen LogP contribution >= 0.6 is 11.3 Å². The minimum absolute atomic E-state index is 0.0796. The predicted octanol–water partition coefficient (Wildman–Crippen LogP) is 3.03. The Labute approximate surface area is 117 Å². The molecule has 6 heteroatoms. The van der Waals surface area contributed by atoms with Crippen LogP contribution in [0, 0.1) is 11.6 Å². The summed E-state index contributed by atoms with van der Waals surface area (Å²) in [5, 5.41) is 1.90. The number of rotatable bonds is 4. The van der Waals surface area contributed by atoms with Crippen molar-refractivity contribution in [3.63, 3.8) is 0 Å². The molecular weight excluding hydrogens is 282 g/mol. The molecule has 102 valence electrons. The fraction of sp³-hybridized carbons (Fsp3) is 0.143. The molecule has 0 fully saturated rings. The van der Waals surface area contributed by atoms with Gasteiger partial charge >= 0.3 is 0 Å². The molecule has 0 atom stereocenters. The number of thiazole rings is 1. The number of carbonyl (C=O) groups excluding carboxylic acids is 1. The van der Waals surface area contributed by atoms with E-state index in [-0.39, 0.29) is 24.2 Å². The molecule has 0 saturated carbocycles. The van der Waals surface area contributed by atoms with Gasteiger partial charge in [0.05, 0.1) is 12.1 Å². The van der Waals surface area contributed by atoms with Gasteiger partial charge in [0.1, 0.15) is 5.78 Å². The Hall–Kier alpha value is -2.08. The number of carbonyl (C=O) groups is 1. The standard InChI is InChI=1S/C14H10F2N2OS/c15-12-3-1-2-9(13(12)16)6-11(19)7-10-8-18-4-5-20-14(18)17-10/h1-5,8H,6-7H2. The number of Topliss-reactive ketones (excluding diaryl/α,β-unsaturated/α-hetero) is 1. The lowest BCUT2D eigenvalue weighted by Crippen LogP contribution is -2.09.